The van der Waals surface area contributed by atoms with Crippen molar-refractivity contribution in [2.45, 2.75) is 32.1 Å². The molecule has 2 aromatic heterocycles. The third kappa shape index (κ3) is 8.93. The number of carbonyl (C=O) groups is 3. The number of benzene rings is 2. The molecule has 0 bridgehead atoms. The van der Waals surface area contributed by atoms with E-state index in [9.17, 15) is 14.4 Å². The van der Waals surface area contributed by atoms with Crippen LogP contribution in [0.15, 0.2) is 61.2 Å². The fraction of sp³-hybridized carbons (Fsp3) is 0.222. The zero-order chi connectivity index (χ0) is 28.4. The first kappa shape index (κ1) is 30.4. The summed E-state index contributed by atoms with van der Waals surface area (Å²) in [6, 6.07) is 9.51. The number of ether oxygens (including phenoxy) is 1. The first-order valence-electron chi connectivity index (χ1n) is 11.8. The van der Waals surface area contributed by atoms with Crippen LogP contribution in [0.3, 0.4) is 0 Å². The molecule has 4 aromatic rings. The fourth-order valence-corrected chi connectivity index (χ4v) is 4.61. The van der Waals surface area contributed by atoms with Crippen LogP contribution in [0.25, 0.3) is 0 Å². The number of hydrogen-bond acceptors (Lipinski definition) is 6. The van der Waals surface area contributed by atoms with Crippen molar-refractivity contribution < 1.29 is 19.1 Å². The lowest BCUT2D eigenvalue weighted by molar-refractivity contribution is -0.143. The normalized spacial score (nSPS) is 11.3. The summed E-state index contributed by atoms with van der Waals surface area (Å²) in [5, 5.41) is 1.60. The summed E-state index contributed by atoms with van der Waals surface area (Å²) in [5.74, 6) is -0.143. The number of rotatable bonds is 10. The molecule has 204 valence electrons. The van der Waals surface area contributed by atoms with Crippen LogP contribution in [0.1, 0.15) is 58.0 Å². The van der Waals surface area contributed by atoms with E-state index in [0.29, 0.717) is 44.5 Å². The van der Waals surface area contributed by atoms with E-state index in [1.54, 1.807) is 62.0 Å². The molecule has 1 unspecified atom stereocenters. The molecule has 39 heavy (non-hydrogen) atoms. The highest BCUT2D eigenvalue weighted by atomic mass is 35.5. The van der Waals surface area contributed by atoms with Crippen molar-refractivity contribution >= 4 is 63.9 Å². The van der Waals surface area contributed by atoms with Crippen LogP contribution in [-0.4, -0.2) is 44.1 Å². The molecule has 4 rings (SSSR count). The van der Waals surface area contributed by atoms with E-state index < -0.39 is 5.92 Å². The molecule has 0 radical (unpaired) electrons. The topological polar surface area (TPSA) is 118 Å². The summed E-state index contributed by atoms with van der Waals surface area (Å²) in [6.45, 7) is 2.04. The van der Waals surface area contributed by atoms with Crippen molar-refractivity contribution in [2.24, 2.45) is 0 Å². The van der Waals surface area contributed by atoms with Crippen LogP contribution in [-0.2, 0) is 16.0 Å². The molecule has 2 N–H and O–H groups in total. The number of ketones is 2. The van der Waals surface area contributed by atoms with E-state index in [4.69, 9.17) is 51.1 Å². The summed E-state index contributed by atoms with van der Waals surface area (Å²) in [4.78, 5) is 50.2. The maximum Gasteiger partial charge on any atom is 0.305 e. The summed E-state index contributed by atoms with van der Waals surface area (Å²) in [5.41, 5.74) is 0.809. The molecule has 0 amide bonds. The van der Waals surface area contributed by atoms with Crippen molar-refractivity contribution in [1.29, 1.82) is 0 Å². The zero-order valence-corrected chi connectivity index (χ0v) is 23.7. The number of Topliss-reactive ketones (excluding diaryl/α,β-unsaturated/α-hetero) is 2. The second-order valence-electron chi connectivity index (χ2n) is 8.12. The SMILES string of the molecule is CCOC(=O)CCC(C(=O)c1ccc(Cl)cc1Cl)c1ncc[nH]1.O=C(Cc1ncc[nH]1)c1ccc(Cl)cc1Cl. The molecule has 8 nitrogen and oxygen atoms in total. The minimum Gasteiger partial charge on any atom is -0.466 e. The molecule has 0 fully saturated rings. The highest BCUT2D eigenvalue weighted by Crippen LogP contribution is 2.29. The molecule has 0 spiro atoms. The number of imidazole rings is 2. The Morgan fingerprint density at radius 2 is 1.49 bits per heavy atom. The molecule has 0 aliphatic rings. The van der Waals surface area contributed by atoms with Gasteiger partial charge in [-0.15, -0.1) is 0 Å². The van der Waals surface area contributed by atoms with E-state index in [-0.39, 0.29) is 41.8 Å². The van der Waals surface area contributed by atoms with E-state index in [2.05, 4.69) is 19.9 Å². The molecule has 0 saturated heterocycles. The van der Waals surface area contributed by atoms with Gasteiger partial charge in [0.15, 0.2) is 11.6 Å². The van der Waals surface area contributed by atoms with Crippen molar-refractivity contribution in [3.8, 4) is 0 Å². The molecule has 2 heterocycles. The Morgan fingerprint density at radius 1 is 0.872 bits per heavy atom. The van der Waals surface area contributed by atoms with Crippen LogP contribution in [0.5, 0.6) is 0 Å². The Morgan fingerprint density at radius 3 is 2.03 bits per heavy atom. The van der Waals surface area contributed by atoms with Gasteiger partial charge in [0.1, 0.15) is 11.6 Å². The maximum atomic E-state index is 12.8. The maximum absolute atomic E-state index is 12.8. The van der Waals surface area contributed by atoms with Gasteiger partial charge in [-0.3, -0.25) is 14.4 Å². The predicted molar refractivity (Wildman–Crippen MR) is 151 cm³/mol. The van der Waals surface area contributed by atoms with Gasteiger partial charge in [0.05, 0.1) is 29.0 Å². The van der Waals surface area contributed by atoms with Gasteiger partial charge in [0.2, 0.25) is 0 Å². The lowest BCUT2D eigenvalue weighted by atomic mass is 9.92. The van der Waals surface area contributed by atoms with Crippen molar-refractivity contribution in [1.82, 2.24) is 19.9 Å². The molecular weight excluding hydrogens is 586 g/mol. The predicted octanol–water partition coefficient (Wildman–Crippen LogP) is 7.17. The van der Waals surface area contributed by atoms with Gasteiger partial charge < -0.3 is 14.7 Å². The van der Waals surface area contributed by atoms with Crippen LogP contribution in [0, 0.1) is 0 Å². The summed E-state index contributed by atoms with van der Waals surface area (Å²) < 4.78 is 4.91. The van der Waals surface area contributed by atoms with Crippen LogP contribution < -0.4 is 0 Å². The Bertz CT molecular complexity index is 1410. The molecule has 1 atom stereocenters. The minimum absolute atomic E-state index is 0.0865. The first-order valence-corrected chi connectivity index (χ1v) is 13.3. The molecular formula is C27H24Cl4N4O4. The Hall–Kier alpha value is -3.17. The highest BCUT2D eigenvalue weighted by Gasteiger charge is 2.27. The molecule has 0 aliphatic carbocycles. The van der Waals surface area contributed by atoms with E-state index >= 15 is 0 Å². The van der Waals surface area contributed by atoms with E-state index in [1.807, 2.05) is 0 Å². The number of halogens is 4. The van der Waals surface area contributed by atoms with Crippen molar-refractivity contribution in [3.05, 3.63) is 104 Å². The summed E-state index contributed by atoms with van der Waals surface area (Å²) in [7, 11) is 0. The average molecular weight is 610 g/mol. The standard InChI is InChI=1S/C16H16Cl2N2O3.C11H8Cl2N2O/c1-2-23-14(21)6-5-12(16-19-7-8-20-16)15(22)11-4-3-10(17)9-13(11)18;12-7-1-2-8(9(13)5-7)10(16)6-11-14-3-4-15-11/h3-4,7-9,12H,2,5-6H2,1H3,(H,19,20);1-5H,6H2,(H,14,15). The number of nitrogens with one attached hydrogen (secondary N) is 2. The first-order chi connectivity index (χ1) is 18.7. The smallest absolute Gasteiger partial charge is 0.305 e. The number of carbonyl (C=O) groups excluding carboxylic acids is 3. The number of hydrogen-bond donors (Lipinski definition) is 2. The third-order valence-corrected chi connectivity index (χ3v) is 6.51. The number of esters is 1. The van der Waals surface area contributed by atoms with E-state index in [0.717, 1.165) is 0 Å². The fourth-order valence-electron chi connectivity index (χ4n) is 3.59. The van der Waals surface area contributed by atoms with Gasteiger partial charge in [-0.2, -0.15) is 0 Å². The van der Waals surface area contributed by atoms with Gasteiger partial charge in [-0.05, 0) is 49.7 Å². The quantitative estimate of drug-likeness (QED) is 0.145. The minimum atomic E-state index is -0.604. The van der Waals surface area contributed by atoms with Gasteiger partial charge in [0.25, 0.3) is 0 Å². The summed E-state index contributed by atoms with van der Waals surface area (Å²) >= 11 is 23.7. The van der Waals surface area contributed by atoms with Gasteiger partial charge in [0, 0.05) is 52.4 Å². The third-order valence-electron chi connectivity index (χ3n) is 5.42. The Kier molecular flexibility index (Phi) is 11.6. The lowest BCUT2D eigenvalue weighted by Crippen LogP contribution is -2.17. The Balaban J connectivity index is 0.000000230. The zero-order valence-electron chi connectivity index (χ0n) is 20.7. The number of aromatic nitrogens is 4. The van der Waals surface area contributed by atoms with Crippen LogP contribution in [0.2, 0.25) is 20.1 Å². The van der Waals surface area contributed by atoms with Gasteiger partial charge in [-0.1, -0.05) is 46.4 Å². The van der Waals surface area contributed by atoms with Crippen LogP contribution >= 0.6 is 46.4 Å². The molecule has 12 heteroatoms. The largest absolute Gasteiger partial charge is 0.466 e. The number of nitrogens with zero attached hydrogens (tertiary/aromatic N) is 2. The summed E-state index contributed by atoms with van der Waals surface area (Å²) in [6.07, 6.45) is 7.07. The second kappa shape index (κ2) is 14.8. The lowest BCUT2D eigenvalue weighted by Gasteiger charge is -2.14. The number of H-pyrrole nitrogens is 2. The molecule has 0 aliphatic heterocycles. The van der Waals surface area contributed by atoms with Crippen molar-refractivity contribution in [3.63, 3.8) is 0 Å². The van der Waals surface area contributed by atoms with Gasteiger partial charge in [-0.25, -0.2) is 9.97 Å². The average Bonchev–Trinajstić information content (AvgIpc) is 3.59. The second-order valence-corrected chi connectivity index (χ2v) is 9.81. The number of aromatic amines is 2. The monoisotopic (exact) mass is 608 g/mol. The Labute approximate surface area is 245 Å². The highest BCUT2D eigenvalue weighted by molar-refractivity contribution is 6.37. The van der Waals surface area contributed by atoms with Crippen LogP contribution in [0.4, 0.5) is 0 Å². The molecule has 2 aromatic carbocycles. The van der Waals surface area contributed by atoms with E-state index in [1.165, 1.54) is 6.07 Å². The molecule has 0 saturated carbocycles. The van der Waals surface area contributed by atoms with Crippen molar-refractivity contribution in [2.75, 3.05) is 6.61 Å². The van der Waals surface area contributed by atoms with Gasteiger partial charge >= 0.3 is 5.97 Å².